The first-order valence-corrected chi connectivity index (χ1v) is 8.92. The molecule has 1 aromatic heterocycles. The van der Waals surface area contributed by atoms with Crippen LogP contribution in [0.3, 0.4) is 0 Å². The number of hydrogen-bond donors (Lipinski definition) is 2. The Hall–Kier alpha value is -1.77. The van der Waals surface area contributed by atoms with Crippen molar-refractivity contribution in [2.24, 2.45) is 5.14 Å². The molecule has 2 aromatic rings. The molecular weight excluding hydrogens is 322 g/mol. The van der Waals surface area contributed by atoms with E-state index in [0.717, 1.165) is 9.88 Å². The highest BCUT2D eigenvalue weighted by atomic mass is 32.2. The molecule has 22 heavy (non-hydrogen) atoms. The van der Waals surface area contributed by atoms with Crippen LogP contribution in [-0.2, 0) is 10.0 Å². The van der Waals surface area contributed by atoms with E-state index in [9.17, 15) is 13.2 Å². The molecule has 0 fully saturated rings. The predicted octanol–water partition coefficient (Wildman–Crippen LogP) is 1.90. The molecule has 2 rings (SSSR count). The maximum Gasteiger partial charge on any atom is 0.271 e. The van der Waals surface area contributed by atoms with Crippen LogP contribution < -0.4 is 10.5 Å². The fourth-order valence-electron chi connectivity index (χ4n) is 2.05. The third-order valence-corrected chi connectivity index (χ3v) is 4.95. The Kier molecular flexibility index (Phi) is 4.64. The van der Waals surface area contributed by atoms with Crippen LogP contribution in [0.5, 0.6) is 0 Å². The molecule has 0 aliphatic carbocycles. The first-order valence-electron chi connectivity index (χ1n) is 6.56. The van der Waals surface area contributed by atoms with E-state index in [4.69, 9.17) is 5.14 Å². The van der Waals surface area contributed by atoms with E-state index in [-0.39, 0.29) is 16.8 Å². The number of nitrogens with one attached hydrogen (secondary N) is 1. The van der Waals surface area contributed by atoms with Gasteiger partial charge in [-0.25, -0.2) is 18.5 Å². The number of thiazole rings is 1. The first-order chi connectivity index (χ1) is 10.2. The highest BCUT2D eigenvalue weighted by Crippen LogP contribution is 2.20. The third kappa shape index (κ3) is 3.70. The quantitative estimate of drug-likeness (QED) is 0.888. The fourth-order valence-corrected chi connectivity index (χ4v) is 3.43. The summed E-state index contributed by atoms with van der Waals surface area (Å²) in [7, 11) is -3.77. The third-order valence-electron chi connectivity index (χ3n) is 3.15. The number of nitrogens with two attached hydrogens (primary N) is 1. The normalized spacial score (nSPS) is 12.9. The number of amides is 1. The Labute approximate surface area is 133 Å². The highest BCUT2D eigenvalue weighted by Gasteiger charge is 2.18. The average molecular weight is 339 g/mol. The van der Waals surface area contributed by atoms with Crippen LogP contribution in [-0.4, -0.2) is 19.3 Å². The largest absolute Gasteiger partial charge is 0.344 e. The van der Waals surface area contributed by atoms with Gasteiger partial charge in [0.15, 0.2) is 0 Å². The smallest absolute Gasteiger partial charge is 0.271 e. The van der Waals surface area contributed by atoms with E-state index in [1.54, 1.807) is 19.1 Å². The number of hydrogen-bond acceptors (Lipinski definition) is 5. The Balaban J connectivity index is 2.21. The van der Waals surface area contributed by atoms with Crippen LogP contribution in [0, 0.1) is 13.8 Å². The summed E-state index contributed by atoms with van der Waals surface area (Å²) in [5, 5.41) is 8.76. The van der Waals surface area contributed by atoms with Crippen LogP contribution >= 0.6 is 11.3 Å². The van der Waals surface area contributed by atoms with Gasteiger partial charge >= 0.3 is 0 Å². The summed E-state index contributed by atoms with van der Waals surface area (Å²) in [5.41, 5.74) is 1.06. The number of nitrogens with zero attached hydrogens (tertiary/aromatic N) is 1. The van der Waals surface area contributed by atoms with E-state index in [1.807, 2.05) is 13.8 Å². The lowest BCUT2D eigenvalue weighted by atomic mass is 10.1. The zero-order valence-corrected chi connectivity index (χ0v) is 14.1. The molecule has 0 spiro atoms. The Morgan fingerprint density at radius 3 is 2.59 bits per heavy atom. The van der Waals surface area contributed by atoms with E-state index < -0.39 is 10.0 Å². The van der Waals surface area contributed by atoms with Crippen molar-refractivity contribution in [1.82, 2.24) is 10.3 Å². The summed E-state index contributed by atoms with van der Waals surface area (Å²) < 4.78 is 22.8. The molecule has 6 nitrogen and oxygen atoms in total. The summed E-state index contributed by atoms with van der Waals surface area (Å²) in [6, 6.07) is 5.84. The standard InChI is InChI=1S/C14H17N3O3S2/c1-8(11-5-4-6-12(7-11)22(15,19)20)16-14(18)13-9(2)21-10(3)17-13/h4-8H,1-3H3,(H,16,18)(H2,15,19,20). The summed E-state index contributed by atoms with van der Waals surface area (Å²) >= 11 is 1.46. The van der Waals surface area contributed by atoms with E-state index in [0.29, 0.717) is 11.3 Å². The Morgan fingerprint density at radius 2 is 2.05 bits per heavy atom. The van der Waals surface area contributed by atoms with E-state index in [2.05, 4.69) is 10.3 Å². The van der Waals surface area contributed by atoms with Gasteiger partial charge in [0.05, 0.1) is 15.9 Å². The van der Waals surface area contributed by atoms with Crippen molar-refractivity contribution in [1.29, 1.82) is 0 Å². The van der Waals surface area contributed by atoms with Gasteiger partial charge in [-0.3, -0.25) is 4.79 Å². The minimum atomic E-state index is -3.77. The van der Waals surface area contributed by atoms with Crippen LogP contribution in [0.25, 0.3) is 0 Å². The number of carbonyl (C=O) groups is 1. The molecule has 1 heterocycles. The predicted molar refractivity (Wildman–Crippen MR) is 85.3 cm³/mol. The van der Waals surface area contributed by atoms with Crippen LogP contribution in [0.4, 0.5) is 0 Å². The molecule has 8 heteroatoms. The molecule has 3 N–H and O–H groups in total. The number of benzene rings is 1. The first kappa shape index (κ1) is 16.6. The SMILES string of the molecule is Cc1nc(C(=O)NC(C)c2cccc(S(N)(=O)=O)c2)c(C)s1. The van der Waals surface area contributed by atoms with Crippen LogP contribution in [0.2, 0.25) is 0 Å². The van der Waals surface area contributed by atoms with Gasteiger partial charge in [-0.2, -0.15) is 0 Å². The van der Waals surface area contributed by atoms with Crippen molar-refractivity contribution in [3.8, 4) is 0 Å². The molecule has 1 amide bonds. The number of aryl methyl sites for hydroxylation is 2. The summed E-state index contributed by atoms with van der Waals surface area (Å²) in [4.78, 5) is 17.3. The number of carbonyl (C=O) groups excluding carboxylic acids is 1. The minimum absolute atomic E-state index is 0.0202. The average Bonchev–Trinajstić information content (AvgIpc) is 2.77. The number of primary sulfonamides is 1. The molecule has 1 aromatic carbocycles. The number of sulfonamides is 1. The molecular formula is C14H17N3O3S2. The Bertz CT molecular complexity index is 812. The van der Waals surface area contributed by atoms with Gasteiger partial charge in [-0.15, -0.1) is 11.3 Å². The molecule has 0 bridgehead atoms. The van der Waals surface area contributed by atoms with Crippen molar-refractivity contribution in [2.45, 2.75) is 31.7 Å². The maximum absolute atomic E-state index is 12.2. The summed E-state index contributed by atoms with van der Waals surface area (Å²) in [5.74, 6) is -0.282. The topological polar surface area (TPSA) is 102 Å². The molecule has 0 saturated heterocycles. The Morgan fingerprint density at radius 1 is 1.36 bits per heavy atom. The lowest BCUT2D eigenvalue weighted by Crippen LogP contribution is -2.27. The van der Waals surface area contributed by atoms with Gasteiger partial charge in [-0.1, -0.05) is 12.1 Å². The van der Waals surface area contributed by atoms with Crippen LogP contribution in [0.1, 0.15) is 38.9 Å². The molecule has 0 aliphatic rings. The van der Waals surface area contributed by atoms with Crippen molar-refractivity contribution in [2.75, 3.05) is 0 Å². The number of aromatic nitrogens is 1. The van der Waals surface area contributed by atoms with Crippen LogP contribution in [0.15, 0.2) is 29.2 Å². The van der Waals surface area contributed by atoms with Gasteiger partial charge in [0.1, 0.15) is 5.69 Å². The minimum Gasteiger partial charge on any atom is -0.344 e. The van der Waals surface area contributed by atoms with Gasteiger partial charge in [0.2, 0.25) is 10.0 Å². The summed E-state index contributed by atoms with van der Waals surface area (Å²) in [6.07, 6.45) is 0. The van der Waals surface area contributed by atoms with Crippen molar-refractivity contribution in [3.63, 3.8) is 0 Å². The highest BCUT2D eigenvalue weighted by molar-refractivity contribution is 7.89. The molecule has 0 aliphatic heterocycles. The molecule has 0 saturated carbocycles. The van der Waals surface area contributed by atoms with Crippen molar-refractivity contribution >= 4 is 27.3 Å². The second-order valence-electron chi connectivity index (χ2n) is 4.95. The second-order valence-corrected chi connectivity index (χ2v) is 7.92. The fraction of sp³-hybridized carbons (Fsp3) is 0.286. The van der Waals surface area contributed by atoms with Gasteiger partial charge < -0.3 is 5.32 Å². The lowest BCUT2D eigenvalue weighted by molar-refractivity contribution is 0.0935. The molecule has 1 atom stereocenters. The van der Waals surface area contributed by atoms with E-state index >= 15 is 0 Å². The molecule has 0 radical (unpaired) electrons. The lowest BCUT2D eigenvalue weighted by Gasteiger charge is -2.14. The van der Waals surface area contributed by atoms with Gasteiger partial charge in [-0.05, 0) is 38.5 Å². The monoisotopic (exact) mass is 339 g/mol. The molecule has 1 unspecified atom stereocenters. The van der Waals surface area contributed by atoms with Gasteiger partial charge in [0.25, 0.3) is 5.91 Å². The van der Waals surface area contributed by atoms with E-state index in [1.165, 1.54) is 23.5 Å². The maximum atomic E-state index is 12.2. The zero-order chi connectivity index (χ0) is 16.5. The van der Waals surface area contributed by atoms with Crippen molar-refractivity contribution in [3.05, 3.63) is 45.4 Å². The van der Waals surface area contributed by atoms with Gasteiger partial charge in [0, 0.05) is 4.88 Å². The number of rotatable bonds is 4. The summed E-state index contributed by atoms with van der Waals surface area (Å²) in [6.45, 7) is 5.45. The second kappa shape index (κ2) is 6.15. The zero-order valence-electron chi connectivity index (χ0n) is 12.5. The molecule has 118 valence electrons. The van der Waals surface area contributed by atoms with Crippen molar-refractivity contribution < 1.29 is 13.2 Å².